The van der Waals surface area contributed by atoms with E-state index < -0.39 is 10.9 Å². The molecule has 3 N–H and O–H groups in total. The number of anilines is 1. The molecule has 1 aromatic rings. The summed E-state index contributed by atoms with van der Waals surface area (Å²) in [5.74, 6) is -1.04. The monoisotopic (exact) mass is 222 g/mol. The van der Waals surface area contributed by atoms with Gasteiger partial charge in [0.05, 0.1) is 4.92 Å². The Bertz CT molecular complexity index is 454. The Labute approximate surface area is 91.2 Å². The fraction of sp³-hybridized carbons (Fsp3) is 0.100. The number of hydrogen-bond donors (Lipinski definition) is 2. The third kappa shape index (κ3) is 3.09. The molecule has 0 saturated heterocycles. The molecule has 0 saturated carbocycles. The lowest BCUT2D eigenvalue weighted by molar-refractivity contribution is -0.384. The van der Waals surface area contributed by atoms with Gasteiger partial charge in [-0.05, 0) is 18.1 Å². The first kappa shape index (κ1) is 11.7. The predicted molar refractivity (Wildman–Crippen MR) is 58.0 cm³/mol. The van der Waals surface area contributed by atoms with Crippen molar-refractivity contribution in [2.24, 2.45) is 0 Å². The van der Waals surface area contributed by atoms with E-state index in [1.807, 2.05) is 0 Å². The van der Waals surface area contributed by atoms with E-state index in [-0.39, 0.29) is 11.4 Å². The van der Waals surface area contributed by atoms with E-state index in [0.717, 1.165) is 6.08 Å². The Morgan fingerprint density at radius 2 is 2.25 bits per heavy atom. The molecule has 0 unspecified atom stereocenters. The summed E-state index contributed by atoms with van der Waals surface area (Å²) >= 11 is 0. The molecule has 0 radical (unpaired) electrons. The number of nitro benzene ring substituents is 1. The summed E-state index contributed by atoms with van der Waals surface area (Å²) in [4.78, 5) is 20.1. The summed E-state index contributed by atoms with van der Waals surface area (Å²) < 4.78 is 0. The fourth-order valence-electron chi connectivity index (χ4n) is 1.17. The van der Waals surface area contributed by atoms with Crippen molar-refractivity contribution < 1.29 is 14.8 Å². The number of nitrogens with two attached hydrogens (primary N) is 1. The van der Waals surface area contributed by atoms with Gasteiger partial charge in [-0.15, -0.1) is 0 Å². The van der Waals surface area contributed by atoms with Crippen LogP contribution in [-0.2, 0) is 11.2 Å². The molecule has 0 aromatic heterocycles. The maximum Gasteiger partial charge on any atom is 0.327 e. The van der Waals surface area contributed by atoms with E-state index in [2.05, 4.69) is 0 Å². The molecular formula is C10H10N2O4. The van der Waals surface area contributed by atoms with Crippen molar-refractivity contribution in [3.63, 3.8) is 0 Å². The van der Waals surface area contributed by atoms with Gasteiger partial charge in [0.2, 0.25) is 0 Å². The highest BCUT2D eigenvalue weighted by Gasteiger charge is 2.07. The van der Waals surface area contributed by atoms with Crippen molar-refractivity contribution >= 4 is 17.3 Å². The maximum atomic E-state index is 10.4. The first-order valence-corrected chi connectivity index (χ1v) is 4.43. The number of nitrogens with zero attached hydrogens (tertiary/aromatic N) is 1. The smallest absolute Gasteiger partial charge is 0.327 e. The van der Waals surface area contributed by atoms with Gasteiger partial charge in [-0.25, -0.2) is 4.79 Å². The normalized spacial score (nSPS) is 10.5. The lowest BCUT2D eigenvalue weighted by atomic mass is 10.1. The molecule has 1 aromatic carbocycles. The number of allylic oxidation sites excluding steroid dienone is 1. The van der Waals surface area contributed by atoms with E-state index in [1.54, 1.807) is 0 Å². The molecular weight excluding hydrogens is 212 g/mol. The highest BCUT2D eigenvalue weighted by Crippen LogP contribution is 2.20. The number of hydrogen-bond acceptors (Lipinski definition) is 4. The van der Waals surface area contributed by atoms with E-state index in [1.165, 1.54) is 24.3 Å². The second-order valence-electron chi connectivity index (χ2n) is 3.08. The third-order valence-electron chi connectivity index (χ3n) is 1.94. The van der Waals surface area contributed by atoms with Crippen LogP contribution in [0.4, 0.5) is 11.4 Å². The van der Waals surface area contributed by atoms with Gasteiger partial charge in [0.1, 0.15) is 0 Å². The lowest BCUT2D eigenvalue weighted by Gasteiger charge is -2.01. The molecule has 0 spiro atoms. The second-order valence-corrected chi connectivity index (χ2v) is 3.08. The highest BCUT2D eigenvalue weighted by molar-refractivity contribution is 5.79. The number of benzene rings is 1. The van der Waals surface area contributed by atoms with E-state index >= 15 is 0 Å². The summed E-state index contributed by atoms with van der Waals surface area (Å²) in [7, 11) is 0. The number of nitrogen functional groups attached to an aromatic ring is 1. The molecule has 0 bridgehead atoms. The largest absolute Gasteiger partial charge is 0.478 e. The van der Waals surface area contributed by atoms with Crippen molar-refractivity contribution in [1.29, 1.82) is 0 Å². The first-order valence-electron chi connectivity index (χ1n) is 4.43. The minimum Gasteiger partial charge on any atom is -0.478 e. The number of aliphatic carboxylic acids is 1. The predicted octanol–water partition coefficient (Wildman–Crippen LogP) is 1.36. The van der Waals surface area contributed by atoms with Crippen molar-refractivity contribution in [3.8, 4) is 0 Å². The summed E-state index contributed by atoms with van der Waals surface area (Å²) in [6.45, 7) is 0. The van der Waals surface area contributed by atoms with Crippen LogP contribution in [0.15, 0.2) is 30.4 Å². The Kier molecular flexibility index (Phi) is 3.60. The van der Waals surface area contributed by atoms with Gasteiger partial charge in [0.25, 0.3) is 5.69 Å². The molecule has 0 atom stereocenters. The van der Waals surface area contributed by atoms with Crippen LogP contribution in [-0.4, -0.2) is 16.0 Å². The van der Waals surface area contributed by atoms with Crippen molar-refractivity contribution in [2.45, 2.75) is 6.42 Å². The molecule has 0 aliphatic rings. The van der Waals surface area contributed by atoms with Crippen LogP contribution in [0.3, 0.4) is 0 Å². The van der Waals surface area contributed by atoms with Gasteiger partial charge in [-0.3, -0.25) is 10.1 Å². The van der Waals surface area contributed by atoms with Crippen molar-refractivity contribution in [1.82, 2.24) is 0 Å². The number of non-ortho nitro benzene ring substituents is 1. The highest BCUT2D eigenvalue weighted by atomic mass is 16.6. The van der Waals surface area contributed by atoms with E-state index in [9.17, 15) is 14.9 Å². The van der Waals surface area contributed by atoms with Crippen LogP contribution in [0, 0.1) is 10.1 Å². The fourth-order valence-corrected chi connectivity index (χ4v) is 1.17. The molecule has 6 nitrogen and oxygen atoms in total. The number of carbonyl (C=O) groups is 1. The average molecular weight is 222 g/mol. The van der Waals surface area contributed by atoms with Crippen LogP contribution >= 0.6 is 0 Å². The zero-order valence-corrected chi connectivity index (χ0v) is 8.29. The Balaban J connectivity index is 2.83. The van der Waals surface area contributed by atoms with Crippen LogP contribution in [0.1, 0.15) is 5.56 Å². The minimum absolute atomic E-state index is 0.0801. The third-order valence-corrected chi connectivity index (χ3v) is 1.94. The minimum atomic E-state index is -1.04. The van der Waals surface area contributed by atoms with Crippen LogP contribution in [0.25, 0.3) is 0 Å². The second kappa shape index (κ2) is 4.92. The lowest BCUT2D eigenvalue weighted by Crippen LogP contribution is -1.96. The molecule has 0 aliphatic heterocycles. The number of rotatable bonds is 4. The standard InChI is InChI=1S/C10H10N2O4/c11-9-6-8(12(15)16)5-4-7(9)2-1-3-10(13)14/h1,3-6H,2,11H2,(H,13,14). The van der Waals surface area contributed by atoms with E-state index in [4.69, 9.17) is 10.8 Å². The zero-order chi connectivity index (χ0) is 12.1. The first-order chi connectivity index (χ1) is 7.50. The Hall–Kier alpha value is -2.37. The van der Waals surface area contributed by atoms with Crippen LogP contribution in [0.5, 0.6) is 0 Å². The van der Waals surface area contributed by atoms with Gasteiger partial charge < -0.3 is 10.8 Å². The van der Waals surface area contributed by atoms with Gasteiger partial charge >= 0.3 is 5.97 Å². The molecule has 16 heavy (non-hydrogen) atoms. The van der Waals surface area contributed by atoms with Gasteiger partial charge in [-0.2, -0.15) is 0 Å². The average Bonchev–Trinajstić information content (AvgIpc) is 2.19. The molecule has 0 amide bonds. The zero-order valence-electron chi connectivity index (χ0n) is 8.29. The van der Waals surface area contributed by atoms with Gasteiger partial charge in [0.15, 0.2) is 0 Å². The Morgan fingerprint density at radius 3 is 2.75 bits per heavy atom. The van der Waals surface area contributed by atoms with Crippen LogP contribution < -0.4 is 5.73 Å². The van der Waals surface area contributed by atoms with Crippen molar-refractivity contribution in [3.05, 3.63) is 46.0 Å². The molecule has 84 valence electrons. The summed E-state index contributed by atoms with van der Waals surface area (Å²) in [6, 6.07) is 4.10. The Morgan fingerprint density at radius 1 is 1.56 bits per heavy atom. The molecule has 1 rings (SSSR count). The number of carboxylic acids is 1. The topological polar surface area (TPSA) is 106 Å². The quantitative estimate of drug-likeness (QED) is 0.346. The molecule has 0 aliphatic carbocycles. The van der Waals surface area contributed by atoms with Crippen molar-refractivity contribution in [2.75, 3.05) is 5.73 Å². The van der Waals surface area contributed by atoms with Gasteiger partial charge in [-0.1, -0.05) is 6.08 Å². The number of nitro groups is 1. The van der Waals surface area contributed by atoms with E-state index in [0.29, 0.717) is 12.0 Å². The maximum absolute atomic E-state index is 10.4. The summed E-state index contributed by atoms with van der Waals surface area (Å²) in [5.41, 5.74) is 6.45. The van der Waals surface area contributed by atoms with Gasteiger partial charge in [0, 0.05) is 23.9 Å². The summed E-state index contributed by atoms with van der Waals surface area (Å²) in [5, 5.41) is 18.8. The summed E-state index contributed by atoms with van der Waals surface area (Å²) in [6.07, 6.45) is 2.76. The number of carboxylic acid groups (broad SMARTS) is 1. The van der Waals surface area contributed by atoms with Crippen LogP contribution in [0.2, 0.25) is 0 Å². The molecule has 0 fully saturated rings. The molecule has 0 heterocycles. The SMILES string of the molecule is Nc1cc([N+](=O)[O-])ccc1CC=CC(=O)O. The molecule has 6 heteroatoms.